The van der Waals surface area contributed by atoms with E-state index in [1.165, 1.54) is 0 Å². The van der Waals surface area contributed by atoms with Gasteiger partial charge in [-0.05, 0) is 45.0 Å². The normalized spacial score (nSPS) is 36.5. The summed E-state index contributed by atoms with van der Waals surface area (Å²) in [5.74, 6) is 1.36. The molecule has 4 rings (SSSR count). The van der Waals surface area contributed by atoms with Crippen molar-refractivity contribution in [2.45, 2.75) is 56.3 Å². The Balaban J connectivity index is 1.99. The number of aliphatic hydroxyl groups is 1. The lowest BCUT2D eigenvalue weighted by Crippen LogP contribution is -2.71. The average molecular weight is 331 g/mol. The summed E-state index contributed by atoms with van der Waals surface area (Å²) in [6.07, 6.45) is 0.964. The Morgan fingerprint density at radius 2 is 2.21 bits per heavy atom. The van der Waals surface area contributed by atoms with Crippen LogP contribution in [-0.2, 0) is 16.6 Å². The molecule has 4 atom stereocenters. The number of nitrogens with zero attached hydrogens (tertiary/aromatic N) is 1. The zero-order chi connectivity index (χ0) is 17.3. The van der Waals surface area contributed by atoms with Crippen molar-refractivity contribution in [3.63, 3.8) is 0 Å². The zero-order valence-electron chi connectivity index (χ0n) is 14.8. The third-order valence-corrected chi connectivity index (χ3v) is 6.65. The minimum absolute atomic E-state index is 0.0291. The van der Waals surface area contributed by atoms with E-state index in [1.807, 2.05) is 20.0 Å². The smallest absolute Gasteiger partial charge is 0.174 e. The van der Waals surface area contributed by atoms with Gasteiger partial charge in [-0.1, -0.05) is 13.0 Å². The van der Waals surface area contributed by atoms with Crippen LogP contribution in [0.15, 0.2) is 12.1 Å². The highest BCUT2D eigenvalue weighted by atomic mass is 16.5. The van der Waals surface area contributed by atoms with Crippen LogP contribution in [0.1, 0.15) is 37.8 Å². The predicted octanol–water partition coefficient (Wildman–Crippen LogP) is 1.68. The number of likely N-dealkylation sites (N-methyl/N-ethyl adjacent to an activating group) is 1. The molecular formula is C19H25NO4. The maximum atomic E-state index is 12.6. The minimum atomic E-state index is -0.985. The van der Waals surface area contributed by atoms with Crippen molar-refractivity contribution >= 4 is 5.78 Å². The molecule has 0 bridgehead atoms. The Morgan fingerprint density at radius 3 is 2.88 bits per heavy atom. The van der Waals surface area contributed by atoms with Crippen molar-refractivity contribution in [3.05, 3.63) is 23.3 Å². The van der Waals surface area contributed by atoms with E-state index in [1.54, 1.807) is 7.11 Å². The summed E-state index contributed by atoms with van der Waals surface area (Å²) in [6.45, 7) is 4.94. The van der Waals surface area contributed by atoms with Crippen molar-refractivity contribution in [2.75, 3.05) is 20.7 Å². The number of methoxy groups -OCH3 is 1. The van der Waals surface area contributed by atoms with Crippen LogP contribution >= 0.6 is 0 Å². The number of benzene rings is 1. The molecule has 1 heterocycles. The summed E-state index contributed by atoms with van der Waals surface area (Å²) in [7, 11) is 3.65. The van der Waals surface area contributed by atoms with Gasteiger partial charge in [-0.3, -0.25) is 4.79 Å². The number of hydrogen-bond donors (Lipinski definition) is 1. The summed E-state index contributed by atoms with van der Waals surface area (Å²) in [6, 6.07) is 3.94. The number of hydrogen-bond acceptors (Lipinski definition) is 5. The molecule has 1 saturated carbocycles. The molecule has 1 aliphatic heterocycles. The topological polar surface area (TPSA) is 59.0 Å². The zero-order valence-corrected chi connectivity index (χ0v) is 14.8. The molecule has 3 aliphatic rings. The number of ketones is 1. The van der Waals surface area contributed by atoms with E-state index in [9.17, 15) is 9.90 Å². The molecule has 1 aromatic carbocycles. The first-order valence-corrected chi connectivity index (χ1v) is 8.70. The first-order chi connectivity index (χ1) is 11.4. The Labute approximate surface area is 142 Å². The van der Waals surface area contributed by atoms with Gasteiger partial charge in [0.15, 0.2) is 23.4 Å². The van der Waals surface area contributed by atoms with Gasteiger partial charge in [0.05, 0.1) is 18.1 Å². The first-order valence-electron chi connectivity index (χ1n) is 8.70. The Morgan fingerprint density at radius 1 is 1.46 bits per heavy atom. The van der Waals surface area contributed by atoms with Crippen LogP contribution in [0.25, 0.3) is 0 Å². The van der Waals surface area contributed by atoms with Gasteiger partial charge in [-0.15, -0.1) is 0 Å². The van der Waals surface area contributed by atoms with Crippen molar-refractivity contribution in [2.24, 2.45) is 0 Å². The minimum Gasteiger partial charge on any atom is -0.493 e. The van der Waals surface area contributed by atoms with Gasteiger partial charge in [0.25, 0.3) is 0 Å². The molecule has 5 heteroatoms. The number of ether oxygens (including phenoxy) is 2. The van der Waals surface area contributed by atoms with Crippen LogP contribution in [0, 0.1) is 0 Å². The Bertz CT molecular complexity index is 718. The molecule has 0 amide bonds. The van der Waals surface area contributed by atoms with Gasteiger partial charge in [0.2, 0.25) is 0 Å². The third-order valence-electron chi connectivity index (χ3n) is 6.65. The monoisotopic (exact) mass is 331 g/mol. The maximum absolute atomic E-state index is 12.6. The average Bonchev–Trinajstić information content (AvgIpc) is 2.91. The van der Waals surface area contributed by atoms with Crippen molar-refractivity contribution in [3.8, 4) is 11.5 Å². The van der Waals surface area contributed by atoms with Crippen molar-refractivity contribution in [1.29, 1.82) is 0 Å². The lowest BCUT2D eigenvalue weighted by Gasteiger charge is -2.56. The number of rotatable bonds is 3. The number of Topliss-reactive ketones (excluding diaryl/α,β-unsaturated/α-hetero) is 1. The van der Waals surface area contributed by atoms with E-state index in [2.05, 4.69) is 17.9 Å². The molecule has 0 radical (unpaired) electrons. The Hall–Kier alpha value is -1.59. The first kappa shape index (κ1) is 15.9. The van der Waals surface area contributed by atoms with E-state index in [-0.39, 0.29) is 11.8 Å². The molecule has 0 spiro atoms. The largest absolute Gasteiger partial charge is 0.493 e. The number of carbonyl (C=O) groups excluding carboxylic acids is 1. The van der Waals surface area contributed by atoms with E-state index >= 15 is 0 Å². The quantitative estimate of drug-likeness (QED) is 0.913. The van der Waals surface area contributed by atoms with E-state index in [0.29, 0.717) is 24.3 Å². The molecule has 2 aliphatic carbocycles. The summed E-state index contributed by atoms with van der Waals surface area (Å²) in [4.78, 5) is 14.8. The van der Waals surface area contributed by atoms with Crippen molar-refractivity contribution < 1.29 is 19.4 Å². The highest BCUT2D eigenvalue weighted by molar-refractivity contribution is 5.89. The molecule has 1 aromatic rings. The molecule has 130 valence electrons. The predicted molar refractivity (Wildman–Crippen MR) is 89.7 cm³/mol. The fraction of sp³-hybridized carbons (Fsp3) is 0.632. The molecular weight excluding hydrogens is 306 g/mol. The summed E-state index contributed by atoms with van der Waals surface area (Å²) in [5, 5.41) is 11.8. The highest BCUT2D eigenvalue weighted by Gasteiger charge is 2.69. The fourth-order valence-corrected chi connectivity index (χ4v) is 5.15. The van der Waals surface area contributed by atoms with Crippen LogP contribution in [0.4, 0.5) is 0 Å². The second-order valence-electron chi connectivity index (χ2n) is 7.52. The maximum Gasteiger partial charge on any atom is 0.174 e. The summed E-state index contributed by atoms with van der Waals surface area (Å²) < 4.78 is 11.6. The number of carbonyl (C=O) groups is 1. The van der Waals surface area contributed by atoms with Crippen molar-refractivity contribution in [1.82, 2.24) is 4.90 Å². The van der Waals surface area contributed by atoms with Gasteiger partial charge in [-0.2, -0.15) is 0 Å². The van der Waals surface area contributed by atoms with E-state index < -0.39 is 17.1 Å². The standard InChI is InChI=1S/C19H25NO4/c1-5-20(3)14-10-11-6-7-13(23-4)16-15(11)18(2)17(24-16)12(21)8-9-19(14,18)22/h6-7,14,17,22H,5,8-10H2,1-4H3/t14-,17+,18+,19-/m1/s1. The third kappa shape index (κ3) is 1.64. The van der Waals surface area contributed by atoms with Gasteiger partial charge in [-0.25, -0.2) is 0 Å². The van der Waals surface area contributed by atoms with Crippen LogP contribution in [0.3, 0.4) is 0 Å². The molecule has 0 aromatic heterocycles. The lowest BCUT2D eigenvalue weighted by atomic mass is 9.52. The van der Waals surface area contributed by atoms with E-state index in [0.717, 1.165) is 24.1 Å². The van der Waals surface area contributed by atoms with E-state index in [4.69, 9.17) is 9.47 Å². The molecule has 1 fully saturated rings. The molecule has 1 N–H and O–H groups in total. The summed E-state index contributed by atoms with van der Waals surface area (Å²) >= 11 is 0. The molecule has 24 heavy (non-hydrogen) atoms. The van der Waals surface area contributed by atoms with Crippen LogP contribution in [0.5, 0.6) is 11.5 Å². The van der Waals surface area contributed by atoms with Crippen LogP contribution < -0.4 is 9.47 Å². The SMILES string of the molecule is CCN(C)[C@@H]1Cc2ccc(OC)c3c2[C@@]2(C)[C@@H](O3)C(=O)CC[C@@]12O. The summed E-state index contributed by atoms with van der Waals surface area (Å²) in [5.41, 5.74) is 0.415. The second kappa shape index (κ2) is 4.96. The van der Waals surface area contributed by atoms with Gasteiger partial charge in [0.1, 0.15) is 0 Å². The van der Waals surface area contributed by atoms with Gasteiger partial charge < -0.3 is 19.5 Å². The molecule has 0 unspecified atom stereocenters. The molecule has 5 nitrogen and oxygen atoms in total. The second-order valence-corrected chi connectivity index (χ2v) is 7.52. The molecule has 0 saturated heterocycles. The lowest BCUT2D eigenvalue weighted by molar-refractivity contribution is -0.164. The Kier molecular flexibility index (Phi) is 3.29. The van der Waals surface area contributed by atoms with Gasteiger partial charge in [0, 0.05) is 18.0 Å². The van der Waals surface area contributed by atoms with Crippen LogP contribution in [0.2, 0.25) is 0 Å². The van der Waals surface area contributed by atoms with Gasteiger partial charge >= 0.3 is 0 Å². The fourth-order valence-electron chi connectivity index (χ4n) is 5.15. The highest BCUT2D eigenvalue weighted by Crippen LogP contribution is 2.61. The van der Waals surface area contributed by atoms with Crippen LogP contribution in [-0.4, -0.2) is 54.2 Å².